The van der Waals surface area contributed by atoms with Crippen LogP contribution < -0.4 is 14.8 Å². The van der Waals surface area contributed by atoms with Gasteiger partial charge in [-0.1, -0.05) is 18.2 Å². The van der Waals surface area contributed by atoms with Crippen molar-refractivity contribution in [2.75, 3.05) is 7.11 Å². The normalized spacial score (nSPS) is 15.2. The third-order valence-corrected chi connectivity index (χ3v) is 3.97. The zero-order valence-electron chi connectivity index (χ0n) is 13.4. The number of carbonyl (C=O) groups excluding carboxylic acids is 1. The van der Waals surface area contributed by atoms with Crippen molar-refractivity contribution < 1.29 is 28.6 Å². The Balaban J connectivity index is 1.65. The highest BCUT2D eigenvalue weighted by Crippen LogP contribution is 2.31. The average molecular weight is 345 g/mol. The van der Waals surface area contributed by atoms with Crippen LogP contribution in [-0.2, 0) is 17.8 Å². The fourth-order valence-corrected chi connectivity index (χ4v) is 2.71. The number of carboxylic acid groups (broad SMARTS) is 1. The molecular formula is C18H16FNO5. The molecule has 2 N–H and O–H groups in total. The molecule has 0 saturated carbocycles. The predicted molar refractivity (Wildman–Crippen MR) is 86.3 cm³/mol. The summed E-state index contributed by atoms with van der Waals surface area (Å²) in [6.07, 6.45) is -0.508. The van der Waals surface area contributed by atoms with Crippen molar-refractivity contribution in [3.05, 3.63) is 58.9 Å². The van der Waals surface area contributed by atoms with Gasteiger partial charge in [0.05, 0.1) is 7.11 Å². The number of nitrogens with one attached hydrogen (secondary N) is 1. The first-order valence-electron chi connectivity index (χ1n) is 7.61. The number of hydrogen-bond donors (Lipinski definition) is 2. The molecule has 0 unspecified atom stereocenters. The van der Waals surface area contributed by atoms with Gasteiger partial charge in [-0.25, -0.2) is 9.18 Å². The second-order valence-electron chi connectivity index (χ2n) is 5.60. The minimum atomic E-state index is -1.12. The molecule has 6 nitrogen and oxygen atoms in total. The van der Waals surface area contributed by atoms with Gasteiger partial charge < -0.3 is 19.9 Å². The quantitative estimate of drug-likeness (QED) is 0.867. The first kappa shape index (κ1) is 16.8. The summed E-state index contributed by atoms with van der Waals surface area (Å²) in [6, 6.07) is 9.20. The number of amides is 1. The molecule has 2 aromatic rings. The van der Waals surface area contributed by atoms with E-state index in [1.807, 2.05) is 0 Å². The van der Waals surface area contributed by atoms with E-state index < -0.39 is 17.9 Å². The molecule has 0 saturated heterocycles. The molecule has 25 heavy (non-hydrogen) atoms. The van der Waals surface area contributed by atoms with Gasteiger partial charge in [-0.15, -0.1) is 0 Å². The summed E-state index contributed by atoms with van der Waals surface area (Å²) < 4.78 is 24.0. The summed E-state index contributed by atoms with van der Waals surface area (Å²) in [5, 5.41) is 11.9. The monoisotopic (exact) mass is 345 g/mol. The first-order chi connectivity index (χ1) is 12.0. The topological polar surface area (TPSA) is 84.9 Å². The number of fused-ring (bicyclic) bond motifs is 1. The lowest BCUT2D eigenvalue weighted by Gasteiger charge is -2.12. The highest BCUT2D eigenvalue weighted by Gasteiger charge is 2.30. The third-order valence-electron chi connectivity index (χ3n) is 3.97. The number of para-hydroxylation sites is 1. The van der Waals surface area contributed by atoms with Crippen molar-refractivity contribution in [1.82, 2.24) is 5.32 Å². The Kier molecular flexibility index (Phi) is 4.56. The molecule has 3 rings (SSSR count). The summed E-state index contributed by atoms with van der Waals surface area (Å²) >= 11 is 0. The highest BCUT2D eigenvalue weighted by atomic mass is 19.1. The first-order valence-corrected chi connectivity index (χ1v) is 7.61. The lowest BCUT2D eigenvalue weighted by Crippen LogP contribution is -2.37. The van der Waals surface area contributed by atoms with Gasteiger partial charge in [-0.05, 0) is 23.8 Å². The van der Waals surface area contributed by atoms with Crippen LogP contribution in [0, 0.1) is 5.82 Å². The summed E-state index contributed by atoms with van der Waals surface area (Å²) in [4.78, 5) is 23.5. The number of aromatic carboxylic acids is 1. The largest absolute Gasteiger partial charge is 0.496 e. The molecule has 0 spiro atoms. The maximum absolute atomic E-state index is 13.6. The van der Waals surface area contributed by atoms with Crippen LogP contribution in [0.25, 0.3) is 0 Å². The molecule has 0 aliphatic carbocycles. The van der Waals surface area contributed by atoms with Crippen LogP contribution in [0.4, 0.5) is 4.39 Å². The molecule has 2 aromatic carbocycles. The molecular weight excluding hydrogens is 329 g/mol. The summed E-state index contributed by atoms with van der Waals surface area (Å²) in [5.74, 6) is -1.64. The molecule has 1 amide bonds. The Labute approximate surface area is 143 Å². The van der Waals surface area contributed by atoms with Gasteiger partial charge in [0.15, 0.2) is 17.7 Å². The van der Waals surface area contributed by atoms with Gasteiger partial charge in [-0.3, -0.25) is 4.79 Å². The molecule has 1 aliphatic heterocycles. The summed E-state index contributed by atoms with van der Waals surface area (Å²) in [5.41, 5.74) is 1.27. The fraction of sp³-hybridized carbons (Fsp3) is 0.222. The van der Waals surface area contributed by atoms with E-state index in [1.54, 1.807) is 18.2 Å². The van der Waals surface area contributed by atoms with Crippen LogP contribution in [0.1, 0.15) is 21.5 Å². The SMILES string of the molecule is COc1ccc(CNC(=O)[C@@H]2Cc3cccc(F)c3O2)cc1C(=O)O. The highest BCUT2D eigenvalue weighted by molar-refractivity contribution is 5.91. The summed E-state index contributed by atoms with van der Waals surface area (Å²) in [6.45, 7) is 0.127. The Morgan fingerprint density at radius 1 is 1.36 bits per heavy atom. The van der Waals surface area contributed by atoms with Crippen molar-refractivity contribution in [3.8, 4) is 11.5 Å². The van der Waals surface area contributed by atoms with E-state index >= 15 is 0 Å². The molecule has 0 aromatic heterocycles. The van der Waals surface area contributed by atoms with Gasteiger partial charge in [0.2, 0.25) is 0 Å². The number of ether oxygens (including phenoxy) is 2. The number of carboxylic acids is 1. The number of carbonyl (C=O) groups is 2. The van der Waals surface area contributed by atoms with Crippen LogP contribution in [0.15, 0.2) is 36.4 Å². The van der Waals surface area contributed by atoms with E-state index in [4.69, 9.17) is 9.47 Å². The van der Waals surface area contributed by atoms with Gasteiger partial charge in [0.25, 0.3) is 5.91 Å². The summed E-state index contributed by atoms with van der Waals surface area (Å²) in [7, 11) is 1.39. The Morgan fingerprint density at radius 2 is 2.16 bits per heavy atom. The van der Waals surface area contributed by atoms with E-state index in [-0.39, 0.29) is 29.5 Å². The van der Waals surface area contributed by atoms with Crippen LogP contribution in [0.3, 0.4) is 0 Å². The molecule has 0 bridgehead atoms. The van der Waals surface area contributed by atoms with Crippen molar-refractivity contribution in [1.29, 1.82) is 0 Å². The maximum atomic E-state index is 13.6. The number of halogens is 1. The molecule has 130 valence electrons. The third kappa shape index (κ3) is 3.40. The second-order valence-corrected chi connectivity index (χ2v) is 5.60. The Hall–Kier alpha value is -3.09. The van der Waals surface area contributed by atoms with E-state index in [0.717, 1.165) is 0 Å². The lowest BCUT2D eigenvalue weighted by molar-refractivity contribution is -0.127. The van der Waals surface area contributed by atoms with Gasteiger partial charge >= 0.3 is 5.97 Å². The van der Waals surface area contributed by atoms with Gasteiger partial charge in [0, 0.05) is 18.5 Å². The zero-order valence-corrected chi connectivity index (χ0v) is 13.4. The Bertz CT molecular complexity index is 836. The van der Waals surface area contributed by atoms with Crippen LogP contribution in [-0.4, -0.2) is 30.2 Å². The standard InChI is InChI=1S/C18H16FNO5/c1-24-14-6-5-10(7-12(14)18(22)23)9-20-17(21)15-8-11-3-2-4-13(19)16(11)25-15/h2-7,15H,8-9H2,1H3,(H,20,21)(H,22,23)/t15-/m0/s1. The predicted octanol–water partition coefficient (Wildman–Crippen LogP) is 2.15. The van der Waals surface area contributed by atoms with Gasteiger partial charge in [-0.2, -0.15) is 0 Å². The minimum absolute atomic E-state index is 0.0147. The number of methoxy groups -OCH3 is 1. The Morgan fingerprint density at radius 3 is 2.84 bits per heavy atom. The smallest absolute Gasteiger partial charge is 0.339 e. The van der Waals surface area contributed by atoms with Crippen molar-refractivity contribution in [2.45, 2.75) is 19.1 Å². The van der Waals surface area contributed by atoms with Crippen LogP contribution in [0.5, 0.6) is 11.5 Å². The van der Waals surface area contributed by atoms with Crippen molar-refractivity contribution in [3.63, 3.8) is 0 Å². The van der Waals surface area contributed by atoms with Crippen LogP contribution >= 0.6 is 0 Å². The molecule has 1 heterocycles. The van der Waals surface area contributed by atoms with Crippen molar-refractivity contribution >= 4 is 11.9 Å². The van der Waals surface area contributed by atoms with Crippen LogP contribution in [0.2, 0.25) is 0 Å². The lowest BCUT2D eigenvalue weighted by atomic mass is 10.1. The molecule has 0 fully saturated rings. The van der Waals surface area contributed by atoms with Gasteiger partial charge in [0.1, 0.15) is 11.3 Å². The van der Waals surface area contributed by atoms with Crippen molar-refractivity contribution in [2.24, 2.45) is 0 Å². The second kappa shape index (κ2) is 6.80. The fourth-order valence-electron chi connectivity index (χ4n) is 2.71. The van der Waals surface area contributed by atoms with E-state index in [2.05, 4.69) is 5.32 Å². The number of hydrogen-bond acceptors (Lipinski definition) is 4. The number of benzene rings is 2. The molecule has 1 aliphatic rings. The van der Waals surface area contributed by atoms with E-state index in [0.29, 0.717) is 17.5 Å². The molecule has 0 radical (unpaired) electrons. The van der Waals surface area contributed by atoms with E-state index in [1.165, 1.54) is 25.3 Å². The maximum Gasteiger partial charge on any atom is 0.339 e. The number of rotatable bonds is 5. The minimum Gasteiger partial charge on any atom is -0.496 e. The zero-order chi connectivity index (χ0) is 18.0. The van der Waals surface area contributed by atoms with E-state index in [9.17, 15) is 19.1 Å². The molecule has 1 atom stereocenters. The molecule has 7 heteroatoms. The average Bonchev–Trinajstić information content (AvgIpc) is 3.05.